The van der Waals surface area contributed by atoms with E-state index in [2.05, 4.69) is 14.2 Å². The quantitative estimate of drug-likeness (QED) is 0.559. The molecule has 0 aliphatic rings. The molecular weight excluding hydrogens is 206 g/mol. The molecule has 0 rings (SSSR count). The van der Waals surface area contributed by atoms with Crippen LogP contribution in [0, 0.1) is 11.3 Å². The fraction of sp³-hybridized carbons (Fsp3) is 0.857. The van der Waals surface area contributed by atoms with Gasteiger partial charge in [0.15, 0.2) is 0 Å². The standard InChI is InChI=1S/C7H15N3O3S/c1-3-7(6-8)10-14(11,12)9-4-5-13-2/h7,9-10H,3-5H2,1-2H3. The summed E-state index contributed by atoms with van der Waals surface area (Å²) in [5.41, 5.74) is 0. The Labute approximate surface area is 84.4 Å². The van der Waals surface area contributed by atoms with Crippen molar-refractivity contribution in [3.05, 3.63) is 0 Å². The van der Waals surface area contributed by atoms with Crippen molar-refractivity contribution in [3.8, 4) is 6.07 Å². The zero-order chi connectivity index (χ0) is 11.0. The Balaban J connectivity index is 4.02. The molecule has 0 aliphatic heterocycles. The lowest BCUT2D eigenvalue weighted by Crippen LogP contribution is -2.42. The summed E-state index contributed by atoms with van der Waals surface area (Å²) in [5, 5.41) is 8.53. The average molecular weight is 221 g/mol. The van der Waals surface area contributed by atoms with Crippen LogP contribution in [-0.4, -0.2) is 34.7 Å². The van der Waals surface area contributed by atoms with Gasteiger partial charge in [0.1, 0.15) is 6.04 Å². The summed E-state index contributed by atoms with van der Waals surface area (Å²) >= 11 is 0. The molecular formula is C7H15N3O3S. The molecule has 1 atom stereocenters. The van der Waals surface area contributed by atoms with E-state index in [0.717, 1.165) is 0 Å². The van der Waals surface area contributed by atoms with Crippen LogP contribution in [-0.2, 0) is 14.9 Å². The number of hydrogen-bond donors (Lipinski definition) is 2. The molecule has 0 saturated heterocycles. The maximum Gasteiger partial charge on any atom is 0.278 e. The number of nitriles is 1. The van der Waals surface area contributed by atoms with Crippen LogP contribution in [0.2, 0.25) is 0 Å². The van der Waals surface area contributed by atoms with Crippen molar-refractivity contribution in [2.75, 3.05) is 20.3 Å². The van der Waals surface area contributed by atoms with Crippen molar-refractivity contribution in [1.82, 2.24) is 9.44 Å². The minimum absolute atomic E-state index is 0.188. The molecule has 0 aromatic rings. The van der Waals surface area contributed by atoms with E-state index in [-0.39, 0.29) is 6.54 Å². The van der Waals surface area contributed by atoms with E-state index in [4.69, 9.17) is 5.26 Å². The molecule has 2 N–H and O–H groups in total. The van der Waals surface area contributed by atoms with E-state index in [9.17, 15) is 8.42 Å². The molecule has 82 valence electrons. The summed E-state index contributed by atoms with van der Waals surface area (Å²) in [4.78, 5) is 0. The van der Waals surface area contributed by atoms with Crippen LogP contribution in [0.4, 0.5) is 0 Å². The fourth-order valence-corrected chi connectivity index (χ4v) is 1.74. The Kier molecular flexibility index (Phi) is 6.40. The first-order valence-corrected chi connectivity index (χ1v) is 5.69. The monoisotopic (exact) mass is 221 g/mol. The summed E-state index contributed by atoms with van der Waals surface area (Å²) < 4.78 is 31.5. The fourth-order valence-electron chi connectivity index (χ4n) is 0.708. The summed E-state index contributed by atoms with van der Waals surface area (Å²) in [7, 11) is -2.10. The Bertz CT molecular complexity index is 283. The molecule has 14 heavy (non-hydrogen) atoms. The Morgan fingerprint density at radius 1 is 1.57 bits per heavy atom. The van der Waals surface area contributed by atoms with E-state index in [0.29, 0.717) is 13.0 Å². The molecule has 0 aromatic heterocycles. The van der Waals surface area contributed by atoms with Crippen molar-refractivity contribution in [1.29, 1.82) is 5.26 Å². The summed E-state index contributed by atoms with van der Waals surface area (Å²) in [6.45, 7) is 2.21. The highest BCUT2D eigenvalue weighted by molar-refractivity contribution is 7.87. The third-order valence-corrected chi connectivity index (χ3v) is 2.64. The second-order valence-electron chi connectivity index (χ2n) is 2.60. The molecule has 0 heterocycles. The Morgan fingerprint density at radius 2 is 2.21 bits per heavy atom. The third kappa shape index (κ3) is 5.88. The van der Waals surface area contributed by atoms with Gasteiger partial charge in [0.05, 0.1) is 12.7 Å². The smallest absolute Gasteiger partial charge is 0.278 e. The van der Waals surface area contributed by atoms with Crippen LogP contribution in [0.3, 0.4) is 0 Å². The van der Waals surface area contributed by atoms with Gasteiger partial charge in [-0.15, -0.1) is 0 Å². The number of hydrogen-bond acceptors (Lipinski definition) is 4. The Morgan fingerprint density at radius 3 is 2.64 bits per heavy atom. The van der Waals surface area contributed by atoms with Crippen molar-refractivity contribution in [3.63, 3.8) is 0 Å². The number of nitrogens with one attached hydrogen (secondary N) is 2. The van der Waals surface area contributed by atoms with E-state index < -0.39 is 16.3 Å². The number of methoxy groups -OCH3 is 1. The van der Waals surface area contributed by atoms with Crippen molar-refractivity contribution in [2.45, 2.75) is 19.4 Å². The van der Waals surface area contributed by atoms with E-state index in [1.807, 2.05) is 6.07 Å². The molecule has 0 aliphatic carbocycles. The van der Waals surface area contributed by atoms with Crippen LogP contribution in [0.15, 0.2) is 0 Å². The molecule has 0 bridgehead atoms. The first-order chi connectivity index (χ1) is 6.55. The predicted molar refractivity (Wildman–Crippen MR) is 51.6 cm³/mol. The maximum atomic E-state index is 11.2. The molecule has 0 aromatic carbocycles. The second-order valence-corrected chi connectivity index (χ2v) is 4.13. The summed E-state index contributed by atoms with van der Waals surface area (Å²) in [5.74, 6) is 0. The van der Waals surface area contributed by atoms with Crippen LogP contribution < -0.4 is 9.44 Å². The zero-order valence-electron chi connectivity index (χ0n) is 8.28. The van der Waals surface area contributed by atoms with Crippen LogP contribution >= 0.6 is 0 Å². The molecule has 7 heteroatoms. The van der Waals surface area contributed by atoms with Crippen LogP contribution in [0.1, 0.15) is 13.3 Å². The normalized spacial score (nSPS) is 13.5. The molecule has 0 radical (unpaired) electrons. The number of rotatable bonds is 7. The van der Waals surface area contributed by atoms with Gasteiger partial charge in [0.2, 0.25) is 0 Å². The molecule has 1 unspecified atom stereocenters. The van der Waals surface area contributed by atoms with Crippen molar-refractivity contribution < 1.29 is 13.2 Å². The van der Waals surface area contributed by atoms with Gasteiger partial charge in [0, 0.05) is 13.7 Å². The molecule has 0 amide bonds. The van der Waals surface area contributed by atoms with E-state index in [1.54, 1.807) is 6.92 Å². The van der Waals surface area contributed by atoms with Gasteiger partial charge in [-0.05, 0) is 6.42 Å². The molecule has 0 saturated carbocycles. The first kappa shape index (κ1) is 13.3. The lowest BCUT2D eigenvalue weighted by atomic mass is 10.3. The minimum atomic E-state index is -3.58. The van der Waals surface area contributed by atoms with Gasteiger partial charge in [-0.3, -0.25) is 0 Å². The summed E-state index contributed by atoms with van der Waals surface area (Å²) in [6, 6.07) is 1.15. The Hall–Kier alpha value is -0.680. The lowest BCUT2D eigenvalue weighted by Gasteiger charge is -2.10. The average Bonchev–Trinajstić information content (AvgIpc) is 2.14. The highest BCUT2D eigenvalue weighted by Gasteiger charge is 2.14. The van der Waals surface area contributed by atoms with E-state index >= 15 is 0 Å². The molecule has 6 nitrogen and oxygen atoms in total. The van der Waals surface area contributed by atoms with Crippen LogP contribution in [0.5, 0.6) is 0 Å². The third-order valence-electron chi connectivity index (χ3n) is 1.46. The van der Waals surface area contributed by atoms with Gasteiger partial charge in [-0.2, -0.15) is 23.1 Å². The topological polar surface area (TPSA) is 91.2 Å². The molecule has 0 spiro atoms. The van der Waals surface area contributed by atoms with Gasteiger partial charge in [-0.1, -0.05) is 6.92 Å². The van der Waals surface area contributed by atoms with Crippen LogP contribution in [0.25, 0.3) is 0 Å². The van der Waals surface area contributed by atoms with Gasteiger partial charge in [0.25, 0.3) is 10.2 Å². The van der Waals surface area contributed by atoms with Gasteiger partial charge >= 0.3 is 0 Å². The van der Waals surface area contributed by atoms with Crippen molar-refractivity contribution >= 4 is 10.2 Å². The highest BCUT2D eigenvalue weighted by atomic mass is 32.2. The first-order valence-electron chi connectivity index (χ1n) is 4.21. The largest absolute Gasteiger partial charge is 0.383 e. The molecule has 0 fully saturated rings. The second kappa shape index (κ2) is 6.73. The maximum absolute atomic E-state index is 11.2. The number of ether oxygens (including phenoxy) is 1. The minimum Gasteiger partial charge on any atom is -0.383 e. The predicted octanol–water partition coefficient (Wildman–Crippen LogP) is -0.641. The highest BCUT2D eigenvalue weighted by Crippen LogP contribution is 1.90. The lowest BCUT2D eigenvalue weighted by molar-refractivity contribution is 0.204. The summed E-state index contributed by atoms with van der Waals surface area (Å²) in [6.07, 6.45) is 0.432. The van der Waals surface area contributed by atoms with E-state index in [1.165, 1.54) is 7.11 Å². The van der Waals surface area contributed by atoms with Gasteiger partial charge < -0.3 is 4.74 Å². The number of nitrogens with zero attached hydrogens (tertiary/aromatic N) is 1. The SMILES string of the molecule is CCC(C#N)NS(=O)(=O)NCCOC. The van der Waals surface area contributed by atoms with Gasteiger partial charge in [-0.25, -0.2) is 0 Å². The zero-order valence-corrected chi connectivity index (χ0v) is 9.10. The van der Waals surface area contributed by atoms with Crippen molar-refractivity contribution in [2.24, 2.45) is 0 Å².